The number of benzene rings is 1. The highest BCUT2D eigenvalue weighted by Gasteiger charge is 2.32. The Balaban J connectivity index is 2.08. The van der Waals surface area contributed by atoms with Gasteiger partial charge in [0.05, 0.1) is 0 Å². The predicted octanol–water partition coefficient (Wildman–Crippen LogP) is 4.74. The van der Waals surface area contributed by atoms with Crippen molar-refractivity contribution in [1.29, 1.82) is 0 Å². The molecule has 1 aromatic heterocycles. The van der Waals surface area contributed by atoms with Gasteiger partial charge in [0.1, 0.15) is 5.82 Å². The van der Waals surface area contributed by atoms with E-state index in [0.717, 1.165) is 12.4 Å². The molecule has 0 aliphatic carbocycles. The molecular formula is C18H24N2. The zero-order valence-corrected chi connectivity index (χ0v) is 13.0. The summed E-state index contributed by atoms with van der Waals surface area (Å²) in [4.78, 5) is 7.21. The monoisotopic (exact) mass is 268 g/mol. The second kappa shape index (κ2) is 4.76. The maximum absolute atomic E-state index is 4.75. The van der Waals surface area contributed by atoms with E-state index < -0.39 is 0 Å². The summed E-state index contributed by atoms with van der Waals surface area (Å²) in [7, 11) is 0. The lowest BCUT2D eigenvalue weighted by molar-refractivity contribution is 0.514. The fraction of sp³-hybridized carbons (Fsp3) is 0.500. The molecule has 1 saturated heterocycles. The Bertz CT molecular complexity index is 628. The summed E-state index contributed by atoms with van der Waals surface area (Å²) in [6.07, 6.45) is 4.58. The molecule has 2 heterocycles. The van der Waals surface area contributed by atoms with E-state index >= 15 is 0 Å². The Morgan fingerprint density at radius 3 is 2.70 bits per heavy atom. The molecule has 2 heteroatoms. The number of fused-ring (bicyclic) bond motifs is 1. The highest BCUT2D eigenvalue weighted by Crippen LogP contribution is 2.34. The summed E-state index contributed by atoms with van der Waals surface area (Å²) in [5.74, 6) is 1.66. The molecule has 106 valence electrons. The molecule has 2 aromatic rings. The van der Waals surface area contributed by atoms with E-state index in [2.05, 4.69) is 63.1 Å². The minimum absolute atomic E-state index is 0.232. The lowest BCUT2D eigenvalue weighted by atomic mass is 9.97. The average molecular weight is 268 g/mol. The normalized spacial score (nSPS) is 18.1. The van der Waals surface area contributed by atoms with Crippen LogP contribution >= 0.6 is 0 Å². The largest absolute Gasteiger partial charge is 0.351 e. The molecule has 0 bridgehead atoms. The van der Waals surface area contributed by atoms with Gasteiger partial charge in [0.15, 0.2) is 0 Å². The van der Waals surface area contributed by atoms with Crippen molar-refractivity contribution in [3.63, 3.8) is 0 Å². The Labute approximate surface area is 121 Å². The first kappa shape index (κ1) is 13.4. The Hall–Kier alpha value is -1.57. The van der Waals surface area contributed by atoms with Crippen LogP contribution in [-0.4, -0.2) is 17.1 Å². The van der Waals surface area contributed by atoms with Gasteiger partial charge in [-0.2, -0.15) is 0 Å². The zero-order valence-electron chi connectivity index (χ0n) is 13.0. The smallest absolute Gasteiger partial charge is 0.129 e. The number of hydrogen-bond acceptors (Lipinski definition) is 2. The standard InChI is InChI=1S/C18H24N2/c1-13(2)15-8-5-7-14-11-17(19-12-16(14)15)20-10-6-9-18(20,3)4/h5,7-8,11-13H,6,9-10H2,1-4H3. The van der Waals surface area contributed by atoms with Crippen molar-refractivity contribution < 1.29 is 0 Å². The van der Waals surface area contributed by atoms with Crippen LogP contribution in [0.15, 0.2) is 30.5 Å². The van der Waals surface area contributed by atoms with Gasteiger partial charge in [-0.25, -0.2) is 4.98 Å². The van der Waals surface area contributed by atoms with Crippen LogP contribution in [0, 0.1) is 0 Å². The Morgan fingerprint density at radius 2 is 2.05 bits per heavy atom. The predicted molar refractivity (Wildman–Crippen MR) is 86.5 cm³/mol. The topological polar surface area (TPSA) is 16.1 Å². The number of aromatic nitrogens is 1. The highest BCUT2D eigenvalue weighted by atomic mass is 15.3. The van der Waals surface area contributed by atoms with Crippen molar-refractivity contribution in [2.75, 3.05) is 11.4 Å². The highest BCUT2D eigenvalue weighted by molar-refractivity contribution is 5.87. The van der Waals surface area contributed by atoms with E-state index in [9.17, 15) is 0 Å². The maximum atomic E-state index is 4.75. The third kappa shape index (κ3) is 2.17. The molecule has 0 saturated carbocycles. The van der Waals surface area contributed by atoms with Gasteiger partial charge in [-0.05, 0) is 49.6 Å². The van der Waals surface area contributed by atoms with E-state index in [1.807, 2.05) is 0 Å². The van der Waals surface area contributed by atoms with Crippen LogP contribution in [0.25, 0.3) is 10.8 Å². The lowest BCUT2D eigenvalue weighted by Gasteiger charge is -2.32. The summed E-state index contributed by atoms with van der Waals surface area (Å²) < 4.78 is 0. The van der Waals surface area contributed by atoms with Gasteiger partial charge < -0.3 is 4.90 Å². The van der Waals surface area contributed by atoms with Crippen molar-refractivity contribution in [1.82, 2.24) is 4.98 Å². The molecule has 3 rings (SSSR count). The first-order valence-corrected chi connectivity index (χ1v) is 7.65. The second-order valence-corrected chi connectivity index (χ2v) is 6.83. The molecule has 0 N–H and O–H groups in total. The van der Waals surface area contributed by atoms with E-state index in [4.69, 9.17) is 4.98 Å². The minimum atomic E-state index is 0.232. The van der Waals surface area contributed by atoms with Gasteiger partial charge in [-0.15, -0.1) is 0 Å². The number of hydrogen-bond donors (Lipinski definition) is 0. The van der Waals surface area contributed by atoms with E-state index in [1.165, 1.54) is 29.2 Å². The molecular weight excluding hydrogens is 244 g/mol. The van der Waals surface area contributed by atoms with Crippen LogP contribution in [-0.2, 0) is 0 Å². The number of rotatable bonds is 2. The van der Waals surface area contributed by atoms with Crippen molar-refractivity contribution in [3.8, 4) is 0 Å². The average Bonchev–Trinajstić information content (AvgIpc) is 2.76. The number of anilines is 1. The van der Waals surface area contributed by atoms with E-state index in [1.54, 1.807) is 0 Å². The van der Waals surface area contributed by atoms with Gasteiger partial charge in [-0.1, -0.05) is 32.0 Å². The van der Waals surface area contributed by atoms with E-state index in [-0.39, 0.29) is 5.54 Å². The van der Waals surface area contributed by atoms with Crippen molar-refractivity contribution in [3.05, 3.63) is 36.0 Å². The quantitative estimate of drug-likeness (QED) is 0.782. The van der Waals surface area contributed by atoms with Crippen LogP contribution in [0.5, 0.6) is 0 Å². The molecule has 1 aliphatic rings. The van der Waals surface area contributed by atoms with Crippen LogP contribution in [0.3, 0.4) is 0 Å². The molecule has 0 spiro atoms. The number of nitrogens with zero attached hydrogens (tertiary/aromatic N) is 2. The Kier molecular flexibility index (Phi) is 3.19. The van der Waals surface area contributed by atoms with Crippen molar-refractivity contribution >= 4 is 16.6 Å². The molecule has 2 nitrogen and oxygen atoms in total. The molecule has 1 aliphatic heterocycles. The molecule has 1 aromatic carbocycles. The minimum Gasteiger partial charge on any atom is -0.351 e. The van der Waals surface area contributed by atoms with Gasteiger partial charge in [0, 0.05) is 23.7 Å². The molecule has 0 amide bonds. The summed E-state index contributed by atoms with van der Waals surface area (Å²) in [6, 6.07) is 8.84. The van der Waals surface area contributed by atoms with Crippen molar-refractivity contribution in [2.24, 2.45) is 0 Å². The fourth-order valence-electron chi connectivity index (χ4n) is 3.37. The summed E-state index contributed by atoms with van der Waals surface area (Å²) in [5.41, 5.74) is 1.62. The van der Waals surface area contributed by atoms with Crippen LogP contribution in [0.1, 0.15) is 52.0 Å². The molecule has 1 fully saturated rings. The molecule has 0 unspecified atom stereocenters. The Morgan fingerprint density at radius 1 is 1.25 bits per heavy atom. The van der Waals surface area contributed by atoms with E-state index in [0.29, 0.717) is 5.92 Å². The van der Waals surface area contributed by atoms with Crippen LogP contribution < -0.4 is 4.90 Å². The third-order valence-corrected chi connectivity index (χ3v) is 4.58. The van der Waals surface area contributed by atoms with Crippen LogP contribution in [0.4, 0.5) is 5.82 Å². The van der Waals surface area contributed by atoms with Gasteiger partial charge in [0.2, 0.25) is 0 Å². The summed E-state index contributed by atoms with van der Waals surface area (Å²) >= 11 is 0. The van der Waals surface area contributed by atoms with Crippen molar-refractivity contribution in [2.45, 2.75) is 52.0 Å². The van der Waals surface area contributed by atoms with Crippen LogP contribution in [0.2, 0.25) is 0 Å². The van der Waals surface area contributed by atoms with Gasteiger partial charge in [-0.3, -0.25) is 0 Å². The lowest BCUT2D eigenvalue weighted by Crippen LogP contribution is -2.38. The summed E-state index contributed by atoms with van der Waals surface area (Å²) in [6.45, 7) is 10.2. The molecule has 0 atom stereocenters. The maximum Gasteiger partial charge on any atom is 0.129 e. The fourth-order valence-corrected chi connectivity index (χ4v) is 3.37. The van der Waals surface area contributed by atoms with Gasteiger partial charge in [0.25, 0.3) is 0 Å². The molecule has 20 heavy (non-hydrogen) atoms. The number of pyridine rings is 1. The zero-order chi connectivity index (χ0) is 14.3. The first-order chi connectivity index (χ1) is 9.49. The second-order valence-electron chi connectivity index (χ2n) is 6.83. The molecule has 0 radical (unpaired) electrons. The van der Waals surface area contributed by atoms with Gasteiger partial charge >= 0.3 is 0 Å². The SMILES string of the molecule is CC(C)c1cccc2cc(N3CCCC3(C)C)ncc12. The third-order valence-electron chi connectivity index (χ3n) is 4.58. The first-order valence-electron chi connectivity index (χ1n) is 7.65. The summed E-state index contributed by atoms with van der Waals surface area (Å²) in [5, 5.41) is 2.60.